The summed E-state index contributed by atoms with van der Waals surface area (Å²) in [7, 11) is 0. The first-order valence-corrected chi connectivity index (χ1v) is 11.4. The molecule has 2 heterocycles. The normalized spacial score (nSPS) is 18.2. The smallest absolute Gasteiger partial charge is 0.262 e. The molecule has 0 aromatic heterocycles. The van der Waals surface area contributed by atoms with Gasteiger partial charge >= 0.3 is 0 Å². The Balaban J connectivity index is 1.37. The lowest BCUT2D eigenvalue weighted by atomic mass is 9.99. The number of fused-ring (bicyclic) bond motifs is 1. The van der Waals surface area contributed by atoms with Gasteiger partial charge in [-0.25, -0.2) is 0 Å². The molecule has 168 valence electrons. The van der Waals surface area contributed by atoms with E-state index in [2.05, 4.69) is 41.4 Å². The summed E-state index contributed by atoms with van der Waals surface area (Å²) in [6, 6.07) is 14.6. The molecular weight excluding hydrogens is 402 g/mol. The minimum absolute atomic E-state index is 0.0488. The van der Waals surface area contributed by atoms with Crippen LogP contribution in [0.4, 0.5) is 0 Å². The SMILES string of the molecule is Cc1cccc(CN2CCC(NC(=O)C(C(C)C)N3C(=O)c4ccccc4C3=O)CC2)c1. The van der Waals surface area contributed by atoms with Gasteiger partial charge in [-0.3, -0.25) is 24.2 Å². The molecule has 0 bridgehead atoms. The van der Waals surface area contributed by atoms with Gasteiger partial charge in [0.2, 0.25) is 5.91 Å². The largest absolute Gasteiger partial charge is 0.351 e. The fourth-order valence-electron chi connectivity index (χ4n) is 4.77. The van der Waals surface area contributed by atoms with Crippen molar-refractivity contribution < 1.29 is 14.4 Å². The Hall–Kier alpha value is -2.99. The molecule has 2 aliphatic rings. The third-order valence-corrected chi connectivity index (χ3v) is 6.43. The minimum Gasteiger partial charge on any atom is -0.351 e. The van der Waals surface area contributed by atoms with Gasteiger partial charge in [0.1, 0.15) is 6.04 Å². The molecule has 1 saturated heterocycles. The quantitative estimate of drug-likeness (QED) is 0.709. The molecule has 4 rings (SSSR count). The van der Waals surface area contributed by atoms with Crippen molar-refractivity contribution >= 4 is 17.7 Å². The lowest BCUT2D eigenvalue weighted by Crippen LogP contribution is -2.55. The highest BCUT2D eigenvalue weighted by atomic mass is 16.2. The van der Waals surface area contributed by atoms with Crippen molar-refractivity contribution in [2.24, 2.45) is 5.92 Å². The first-order valence-electron chi connectivity index (χ1n) is 11.4. The van der Waals surface area contributed by atoms with E-state index >= 15 is 0 Å². The number of hydrogen-bond acceptors (Lipinski definition) is 4. The number of carbonyl (C=O) groups excluding carboxylic acids is 3. The number of amides is 3. The highest BCUT2D eigenvalue weighted by Gasteiger charge is 2.44. The van der Waals surface area contributed by atoms with Crippen molar-refractivity contribution in [3.05, 3.63) is 70.8 Å². The molecule has 1 N–H and O–H groups in total. The molecule has 2 aromatic carbocycles. The minimum atomic E-state index is -0.812. The van der Waals surface area contributed by atoms with Crippen LogP contribution in [-0.4, -0.2) is 52.7 Å². The second-order valence-corrected chi connectivity index (χ2v) is 9.26. The lowest BCUT2D eigenvalue weighted by Gasteiger charge is -2.35. The average Bonchev–Trinajstić information content (AvgIpc) is 3.01. The predicted molar refractivity (Wildman–Crippen MR) is 123 cm³/mol. The summed E-state index contributed by atoms with van der Waals surface area (Å²) >= 11 is 0. The van der Waals surface area contributed by atoms with E-state index in [0.717, 1.165) is 37.4 Å². The van der Waals surface area contributed by atoms with Crippen LogP contribution < -0.4 is 5.32 Å². The highest BCUT2D eigenvalue weighted by molar-refractivity contribution is 6.22. The third-order valence-electron chi connectivity index (χ3n) is 6.43. The highest BCUT2D eigenvalue weighted by Crippen LogP contribution is 2.27. The van der Waals surface area contributed by atoms with Gasteiger partial charge in [-0.2, -0.15) is 0 Å². The molecule has 6 nitrogen and oxygen atoms in total. The van der Waals surface area contributed by atoms with Gasteiger partial charge in [0.05, 0.1) is 11.1 Å². The summed E-state index contributed by atoms with van der Waals surface area (Å²) in [4.78, 5) is 42.6. The number of likely N-dealkylation sites (tertiary alicyclic amines) is 1. The summed E-state index contributed by atoms with van der Waals surface area (Å²) in [5.41, 5.74) is 3.32. The van der Waals surface area contributed by atoms with E-state index in [1.807, 2.05) is 13.8 Å². The number of nitrogens with one attached hydrogen (secondary N) is 1. The van der Waals surface area contributed by atoms with Crippen LogP contribution in [0.2, 0.25) is 0 Å². The van der Waals surface area contributed by atoms with Gasteiger partial charge in [0, 0.05) is 25.7 Å². The van der Waals surface area contributed by atoms with Crippen LogP contribution in [0.25, 0.3) is 0 Å². The number of imide groups is 1. The van der Waals surface area contributed by atoms with Gasteiger partial charge in [-0.15, -0.1) is 0 Å². The Morgan fingerprint density at radius 1 is 1.00 bits per heavy atom. The summed E-state index contributed by atoms with van der Waals surface area (Å²) in [6.45, 7) is 8.56. The molecule has 0 aliphatic carbocycles. The van der Waals surface area contributed by atoms with Crippen molar-refractivity contribution in [1.29, 1.82) is 0 Å². The van der Waals surface area contributed by atoms with Crippen LogP contribution in [0, 0.1) is 12.8 Å². The Morgan fingerprint density at radius 3 is 2.19 bits per heavy atom. The van der Waals surface area contributed by atoms with E-state index in [4.69, 9.17) is 0 Å². The van der Waals surface area contributed by atoms with Gasteiger partial charge in [-0.05, 0) is 43.4 Å². The van der Waals surface area contributed by atoms with Gasteiger partial charge in [-0.1, -0.05) is 55.8 Å². The predicted octanol–water partition coefficient (Wildman–Crippen LogP) is 3.40. The zero-order chi connectivity index (χ0) is 22.8. The van der Waals surface area contributed by atoms with Gasteiger partial charge < -0.3 is 5.32 Å². The topological polar surface area (TPSA) is 69.7 Å². The monoisotopic (exact) mass is 433 g/mol. The van der Waals surface area contributed by atoms with Crippen molar-refractivity contribution in [3.63, 3.8) is 0 Å². The van der Waals surface area contributed by atoms with Crippen LogP contribution in [-0.2, 0) is 11.3 Å². The summed E-state index contributed by atoms with van der Waals surface area (Å²) in [5, 5.41) is 3.13. The van der Waals surface area contributed by atoms with E-state index < -0.39 is 6.04 Å². The summed E-state index contributed by atoms with van der Waals surface area (Å²) < 4.78 is 0. The Labute approximate surface area is 189 Å². The molecule has 1 fully saturated rings. The number of hydrogen-bond donors (Lipinski definition) is 1. The molecule has 0 saturated carbocycles. The summed E-state index contributed by atoms with van der Waals surface area (Å²) in [5.74, 6) is -1.19. The van der Waals surface area contributed by atoms with Crippen LogP contribution in [0.3, 0.4) is 0 Å². The first-order chi connectivity index (χ1) is 15.3. The van der Waals surface area contributed by atoms with Crippen LogP contribution in [0.1, 0.15) is 58.5 Å². The number of benzene rings is 2. The standard InChI is InChI=1S/C26H31N3O3/c1-17(2)23(29-25(31)21-9-4-5-10-22(21)26(29)32)24(30)27-20-11-13-28(14-12-20)16-19-8-6-7-18(3)15-19/h4-10,15,17,20,23H,11-14,16H2,1-3H3,(H,27,30). The van der Waals surface area contributed by atoms with Crippen LogP contribution >= 0.6 is 0 Å². The molecule has 0 spiro atoms. The van der Waals surface area contributed by atoms with E-state index in [1.165, 1.54) is 11.1 Å². The van der Waals surface area contributed by atoms with E-state index in [1.54, 1.807) is 24.3 Å². The fraction of sp³-hybridized carbons (Fsp3) is 0.423. The third kappa shape index (κ3) is 4.46. The van der Waals surface area contributed by atoms with Crippen LogP contribution in [0.5, 0.6) is 0 Å². The van der Waals surface area contributed by atoms with Crippen molar-refractivity contribution in [2.45, 2.75) is 52.2 Å². The lowest BCUT2D eigenvalue weighted by molar-refractivity contribution is -0.127. The number of nitrogens with zero attached hydrogens (tertiary/aromatic N) is 2. The zero-order valence-electron chi connectivity index (χ0n) is 19.0. The summed E-state index contributed by atoms with van der Waals surface area (Å²) in [6.07, 6.45) is 1.70. The molecule has 32 heavy (non-hydrogen) atoms. The van der Waals surface area contributed by atoms with Crippen molar-refractivity contribution in [1.82, 2.24) is 15.1 Å². The number of rotatable bonds is 6. The van der Waals surface area contributed by atoms with Gasteiger partial charge in [0.25, 0.3) is 11.8 Å². The maximum Gasteiger partial charge on any atom is 0.262 e. The average molecular weight is 434 g/mol. The molecule has 2 aliphatic heterocycles. The van der Waals surface area contributed by atoms with Crippen LogP contribution in [0.15, 0.2) is 48.5 Å². The van der Waals surface area contributed by atoms with E-state index in [0.29, 0.717) is 11.1 Å². The molecular formula is C26H31N3O3. The maximum absolute atomic E-state index is 13.2. The first kappa shape index (κ1) is 22.2. The van der Waals surface area contributed by atoms with E-state index in [-0.39, 0.29) is 29.7 Å². The molecule has 0 radical (unpaired) electrons. The number of carbonyl (C=O) groups is 3. The van der Waals surface area contributed by atoms with Crippen molar-refractivity contribution in [2.75, 3.05) is 13.1 Å². The molecule has 6 heteroatoms. The van der Waals surface area contributed by atoms with Crippen molar-refractivity contribution in [3.8, 4) is 0 Å². The van der Waals surface area contributed by atoms with Gasteiger partial charge in [0.15, 0.2) is 0 Å². The maximum atomic E-state index is 13.2. The number of aryl methyl sites for hydroxylation is 1. The fourth-order valence-corrected chi connectivity index (χ4v) is 4.77. The zero-order valence-corrected chi connectivity index (χ0v) is 19.0. The Bertz CT molecular complexity index is 989. The Morgan fingerprint density at radius 2 is 1.62 bits per heavy atom. The second-order valence-electron chi connectivity index (χ2n) is 9.26. The molecule has 2 aromatic rings. The molecule has 1 atom stereocenters. The molecule has 3 amide bonds. The Kier molecular flexibility index (Phi) is 6.42. The molecule has 1 unspecified atom stereocenters. The second kappa shape index (κ2) is 9.25. The number of piperidine rings is 1. The van der Waals surface area contributed by atoms with E-state index in [9.17, 15) is 14.4 Å².